The third kappa shape index (κ3) is 25.0. The number of rotatable bonds is 32. The van der Waals surface area contributed by atoms with Crippen LogP contribution in [0.25, 0.3) is 0 Å². The Bertz CT molecular complexity index is 1560. The van der Waals surface area contributed by atoms with E-state index in [4.69, 9.17) is 34.4 Å². The summed E-state index contributed by atoms with van der Waals surface area (Å²) in [6.45, 7) is 1.54. The molecule has 25 nitrogen and oxygen atoms in total. The Morgan fingerprint density at radius 3 is 1.39 bits per heavy atom. The molecule has 0 saturated heterocycles. The molecule has 27 heteroatoms. The van der Waals surface area contributed by atoms with Crippen molar-refractivity contribution >= 4 is 88.7 Å². The molecule has 0 fully saturated rings. The average Bonchev–Trinajstić information content (AvgIpc) is 3.17. The van der Waals surface area contributed by atoms with Crippen molar-refractivity contribution in [3.8, 4) is 0 Å². The summed E-state index contributed by atoms with van der Waals surface area (Å²) in [7, 11) is 0. The molecular formula is C34H62N14O11S2. The van der Waals surface area contributed by atoms with Crippen LogP contribution in [0.3, 0.4) is 0 Å². The molecule has 0 rings (SSSR count). The second-order valence-corrected chi connectivity index (χ2v) is 15.5. The largest absolute Gasteiger partial charge is 0.481 e. The molecule has 0 aliphatic carbocycles. The van der Waals surface area contributed by atoms with Crippen molar-refractivity contribution in [2.45, 2.75) is 107 Å². The highest BCUT2D eigenvalue weighted by Crippen LogP contribution is 2.08. The number of aliphatic carboxylic acids is 2. The van der Waals surface area contributed by atoms with Crippen LogP contribution in [0.1, 0.15) is 64.7 Å². The molecule has 0 aromatic carbocycles. The Balaban J connectivity index is 5.98. The van der Waals surface area contributed by atoms with E-state index >= 15 is 0 Å². The van der Waals surface area contributed by atoms with Gasteiger partial charge in [-0.3, -0.25) is 48.3 Å². The first-order valence-corrected chi connectivity index (χ1v) is 21.8. The Morgan fingerprint density at radius 2 is 0.951 bits per heavy atom. The highest BCUT2D eigenvalue weighted by Gasteiger charge is 2.33. The van der Waals surface area contributed by atoms with Crippen LogP contribution >= 0.6 is 23.5 Å². The van der Waals surface area contributed by atoms with Gasteiger partial charge in [-0.05, 0) is 75.9 Å². The van der Waals surface area contributed by atoms with Crippen LogP contribution in [-0.4, -0.2) is 155 Å². The number of carbonyl (C=O) groups is 9. The van der Waals surface area contributed by atoms with E-state index in [2.05, 4.69) is 41.9 Å². The van der Waals surface area contributed by atoms with Gasteiger partial charge >= 0.3 is 11.9 Å². The first-order valence-electron chi connectivity index (χ1n) is 19.0. The van der Waals surface area contributed by atoms with E-state index < -0.39 is 115 Å². The molecule has 0 bridgehead atoms. The number of nitrogens with one attached hydrogen (secondary N) is 6. The number of primary amides is 1. The topological polar surface area (TPSA) is 447 Å². The van der Waals surface area contributed by atoms with Gasteiger partial charge < -0.3 is 76.5 Å². The van der Waals surface area contributed by atoms with Crippen molar-refractivity contribution in [2.24, 2.45) is 44.4 Å². The van der Waals surface area contributed by atoms with E-state index in [1.54, 1.807) is 12.5 Å². The lowest BCUT2D eigenvalue weighted by atomic mass is 10.1. The SMILES string of the molecule is CSCC[C@H](NC(=O)[C@H](C)NC(=O)[C@H](CC(N)=O)NC(=O)[C@H](CCSC)NC(=O)[C@@H](N)CCCN=C(N)N)C(=O)N[C@@H](CCC(=O)O)C(=O)N[C@@H](CCCN=C(N)N)C(=O)O. The summed E-state index contributed by atoms with van der Waals surface area (Å²) in [6.07, 6.45) is 2.48. The summed E-state index contributed by atoms with van der Waals surface area (Å²) in [5.41, 5.74) is 32.5. The van der Waals surface area contributed by atoms with Crippen LogP contribution in [0.2, 0.25) is 0 Å². The standard InChI is InChI=1S/C34H62N14O11S2/c1-17(43-31(57)23(16-24(36)49)48-30(56)21(11-15-61-3)45-27(53)18(35)6-4-12-41-33(37)38)26(52)44-20(10-14-60-2)29(55)46-19(8-9-25(50)51)28(54)47-22(32(58)59)7-5-13-42-34(39)40/h17-23H,4-16,35H2,1-3H3,(H2,36,49)(H,43,57)(H,44,52)(H,45,53)(H,46,55)(H,47,54)(H,48,56)(H,50,51)(H,58,59)(H4,37,38,41)(H4,39,40,42)/t17-,18-,19-,20-,21-,22-,23-/m0/s1. The number of amides is 7. The van der Waals surface area contributed by atoms with E-state index in [1.807, 2.05) is 0 Å². The molecule has 0 spiro atoms. The third-order valence-electron chi connectivity index (χ3n) is 8.42. The van der Waals surface area contributed by atoms with Gasteiger partial charge in [-0.25, -0.2) is 4.79 Å². The average molecular weight is 907 g/mol. The molecular weight excluding hydrogens is 845 g/mol. The monoisotopic (exact) mass is 906 g/mol. The second-order valence-electron chi connectivity index (χ2n) is 13.5. The molecule has 0 aliphatic heterocycles. The minimum absolute atomic E-state index is 0.00133. The molecule has 0 radical (unpaired) electrons. The molecule has 7 atom stereocenters. The van der Waals surface area contributed by atoms with Crippen molar-refractivity contribution in [2.75, 3.05) is 37.1 Å². The number of hydrogen-bond acceptors (Lipinski definition) is 14. The molecule has 61 heavy (non-hydrogen) atoms. The first kappa shape index (κ1) is 55.4. The highest BCUT2D eigenvalue weighted by molar-refractivity contribution is 7.98. The Hall–Kier alpha value is -5.57. The van der Waals surface area contributed by atoms with Crippen LogP contribution in [0.5, 0.6) is 0 Å². The molecule has 7 amide bonds. The number of carboxylic acid groups (broad SMARTS) is 2. The van der Waals surface area contributed by atoms with E-state index in [9.17, 15) is 53.4 Å². The van der Waals surface area contributed by atoms with Gasteiger partial charge in [-0.15, -0.1) is 0 Å². The lowest BCUT2D eigenvalue weighted by Crippen LogP contribution is -2.59. The van der Waals surface area contributed by atoms with Crippen LogP contribution in [0, 0.1) is 0 Å². The molecule has 0 heterocycles. The van der Waals surface area contributed by atoms with Gasteiger partial charge in [0.05, 0.1) is 12.5 Å². The zero-order valence-corrected chi connectivity index (χ0v) is 36.1. The molecule has 20 N–H and O–H groups in total. The quantitative estimate of drug-likeness (QED) is 0.0170. The van der Waals surface area contributed by atoms with Crippen molar-refractivity contribution in [1.82, 2.24) is 31.9 Å². The molecule has 0 saturated carbocycles. The van der Waals surface area contributed by atoms with Crippen LogP contribution in [-0.2, 0) is 43.2 Å². The zero-order chi connectivity index (χ0) is 46.7. The highest BCUT2D eigenvalue weighted by atomic mass is 32.2. The maximum Gasteiger partial charge on any atom is 0.326 e. The van der Waals surface area contributed by atoms with E-state index in [-0.39, 0.29) is 57.1 Å². The Kier molecular flexibility index (Phi) is 27.7. The maximum absolute atomic E-state index is 13.5. The molecule has 0 aliphatic rings. The second kappa shape index (κ2) is 30.5. The summed E-state index contributed by atoms with van der Waals surface area (Å²) in [5, 5.41) is 33.4. The Morgan fingerprint density at radius 1 is 0.541 bits per heavy atom. The van der Waals surface area contributed by atoms with Gasteiger partial charge in [0.25, 0.3) is 0 Å². The van der Waals surface area contributed by atoms with Crippen LogP contribution in [0.15, 0.2) is 9.98 Å². The van der Waals surface area contributed by atoms with Gasteiger partial charge in [0, 0.05) is 19.5 Å². The Labute approximate surface area is 361 Å². The smallest absolute Gasteiger partial charge is 0.326 e. The van der Waals surface area contributed by atoms with Gasteiger partial charge in [-0.2, -0.15) is 23.5 Å². The van der Waals surface area contributed by atoms with E-state index in [0.717, 1.165) is 0 Å². The van der Waals surface area contributed by atoms with E-state index in [0.29, 0.717) is 17.9 Å². The summed E-state index contributed by atoms with van der Waals surface area (Å²) in [4.78, 5) is 122. The van der Waals surface area contributed by atoms with Crippen molar-refractivity contribution in [3.05, 3.63) is 0 Å². The predicted octanol–water partition coefficient (Wildman–Crippen LogP) is -5.32. The normalized spacial score (nSPS) is 14.2. The summed E-state index contributed by atoms with van der Waals surface area (Å²) >= 11 is 2.68. The lowest BCUT2D eigenvalue weighted by molar-refractivity contribution is -0.143. The summed E-state index contributed by atoms with van der Waals surface area (Å²) in [6, 6.07) is -9.53. The van der Waals surface area contributed by atoms with Crippen LogP contribution in [0.4, 0.5) is 0 Å². The number of thioether (sulfide) groups is 2. The van der Waals surface area contributed by atoms with Crippen molar-refractivity contribution in [1.29, 1.82) is 0 Å². The van der Waals surface area contributed by atoms with Crippen LogP contribution < -0.4 is 66.3 Å². The number of hydrogen-bond donors (Lipinski definition) is 14. The van der Waals surface area contributed by atoms with Gasteiger partial charge in [0.1, 0.15) is 36.3 Å². The number of aliphatic imine (C=N–C) groups is 2. The van der Waals surface area contributed by atoms with Gasteiger partial charge in [-0.1, -0.05) is 0 Å². The van der Waals surface area contributed by atoms with Crippen molar-refractivity contribution in [3.63, 3.8) is 0 Å². The molecule has 0 aromatic heterocycles. The summed E-state index contributed by atoms with van der Waals surface area (Å²) in [5.74, 6) is -8.66. The number of nitrogens with zero attached hydrogens (tertiary/aromatic N) is 2. The number of carboxylic acids is 2. The molecule has 346 valence electrons. The number of nitrogens with two attached hydrogens (primary N) is 6. The predicted molar refractivity (Wildman–Crippen MR) is 229 cm³/mol. The third-order valence-corrected chi connectivity index (χ3v) is 9.71. The van der Waals surface area contributed by atoms with Crippen molar-refractivity contribution < 1.29 is 53.4 Å². The summed E-state index contributed by atoms with van der Waals surface area (Å²) < 4.78 is 0. The zero-order valence-electron chi connectivity index (χ0n) is 34.5. The number of guanidine groups is 2. The first-order chi connectivity index (χ1) is 28.6. The minimum Gasteiger partial charge on any atom is -0.481 e. The lowest BCUT2D eigenvalue weighted by Gasteiger charge is -2.26. The van der Waals surface area contributed by atoms with Gasteiger partial charge in [0.2, 0.25) is 41.4 Å². The fourth-order valence-electron chi connectivity index (χ4n) is 5.14. The number of carbonyl (C=O) groups excluding carboxylic acids is 7. The fraction of sp³-hybridized carbons (Fsp3) is 0.676. The maximum atomic E-state index is 13.5. The molecule has 0 unspecified atom stereocenters. The minimum atomic E-state index is -1.60. The fourth-order valence-corrected chi connectivity index (χ4v) is 6.08. The van der Waals surface area contributed by atoms with E-state index in [1.165, 1.54) is 30.4 Å². The van der Waals surface area contributed by atoms with Gasteiger partial charge in [0.15, 0.2) is 11.9 Å². The molecule has 0 aromatic rings.